The molecule has 1 amide bonds. The molecule has 0 radical (unpaired) electrons. The van der Waals surface area contributed by atoms with E-state index in [0.29, 0.717) is 31.8 Å². The molecular formula is C29H29N3O2. The summed E-state index contributed by atoms with van der Waals surface area (Å²) in [5.74, 6) is 1.51. The van der Waals surface area contributed by atoms with E-state index in [1.54, 1.807) is 0 Å². The number of amides is 1. The Bertz CT molecular complexity index is 1230. The van der Waals surface area contributed by atoms with E-state index in [9.17, 15) is 4.79 Å². The lowest BCUT2D eigenvalue weighted by Gasteiger charge is -2.40. The molecule has 34 heavy (non-hydrogen) atoms. The minimum absolute atomic E-state index is 0.170. The zero-order valence-corrected chi connectivity index (χ0v) is 19.5. The average Bonchev–Trinajstić information content (AvgIpc) is 3.35. The molecule has 0 atom stereocenters. The van der Waals surface area contributed by atoms with E-state index in [1.165, 1.54) is 11.1 Å². The van der Waals surface area contributed by atoms with Gasteiger partial charge in [-0.3, -0.25) is 4.79 Å². The van der Waals surface area contributed by atoms with Gasteiger partial charge < -0.3 is 9.42 Å². The number of nitrogens with zero attached hydrogens (tertiary/aromatic N) is 3. The highest BCUT2D eigenvalue weighted by molar-refractivity contribution is 5.79. The maximum absolute atomic E-state index is 13.0. The van der Waals surface area contributed by atoms with Crippen LogP contribution in [0.2, 0.25) is 0 Å². The quantitative estimate of drug-likeness (QED) is 0.408. The summed E-state index contributed by atoms with van der Waals surface area (Å²) in [6.07, 6.45) is 2.57. The summed E-state index contributed by atoms with van der Waals surface area (Å²) in [5.41, 5.74) is 4.21. The van der Waals surface area contributed by atoms with Crippen LogP contribution in [0.4, 0.5) is 0 Å². The molecule has 1 aromatic heterocycles. The first-order valence-corrected chi connectivity index (χ1v) is 11.9. The normalized spacial score (nSPS) is 15.3. The van der Waals surface area contributed by atoms with Gasteiger partial charge in [-0.15, -0.1) is 0 Å². The van der Waals surface area contributed by atoms with Gasteiger partial charge in [0, 0.05) is 13.1 Å². The largest absolute Gasteiger partial charge is 0.342 e. The van der Waals surface area contributed by atoms with E-state index in [-0.39, 0.29) is 11.3 Å². The second kappa shape index (κ2) is 9.64. The molecule has 2 heterocycles. The standard InChI is InChI=1S/C29H29N3O2/c1-22-12-14-24(15-13-22)21-27(33)32-18-16-29(17-19-32,25-10-6-3-7-11-25)28-30-26(34-31-28)20-23-8-4-2-5-9-23/h2-15H,16-21H2,1H3. The lowest BCUT2D eigenvalue weighted by molar-refractivity contribution is -0.131. The van der Waals surface area contributed by atoms with Gasteiger partial charge >= 0.3 is 0 Å². The first-order chi connectivity index (χ1) is 16.6. The Labute approximate surface area is 200 Å². The first kappa shape index (κ1) is 22.1. The van der Waals surface area contributed by atoms with Gasteiger partial charge in [-0.2, -0.15) is 4.98 Å². The van der Waals surface area contributed by atoms with Crippen LogP contribution in [-0.4, -0.2) is 34.0 Å². The highest BCUT2D eigenvalue weighted by atomic mass is 16.5. The number of aryl methyl sites for hydroxylation is 1. The Balaban J connectivity index is 1.35. The highest BCUT2D eigenvalue weighted by Gasteiger charge is 2.42. The zero-order valence-electron chi connectivity index (χ0n) is 19.5. The third-order valence-electron chi connectivity index (χ3n) is 6.87. The van der Waals surface area contributed by atoms with Crippen LogP contribution in [0.5, 0.6) is 0 Å². The van der Waals surface area contributed by atoms with Crippen LogP contribution in [0.3, 0.4) is 0 Å². The first-order valence-electron chi connectivity index (χ1n) is 11.9. The number of aromatic nitrogens is 2. The van der Waals surface area contributed by atoms with E-state index in [4.69, 9.17) is 9.51 Å². The van der Waals surface area contributed by atoms with E-state index in [1.807, 2.05) is 41.3 Å². The Morgan fingerprint density at radius 2 is 1.53 bits per heavy atom. The summed E-state index contributed by atoms with van der Waals surface area (Å²) in [6.45, 7) is 3.40. The minimum Gasteiger partial charge on any atom is -0.342 e. The van der Waals surface area contributed by atoms with Gasteiger partial charge in [0.15, 0.2) is 5.82 Å². The van der Waals surface area contributed by atoms with Gasteiger partial charge in [-0.05, 0) is 36.5 Å². The number of carbonyl (C=O) groups excluding carboxylic acids is 1. The van der Waals surface area contributed by atoms with Crippen LogP contribution >= 0.6 is 0 Å². The summed E-state index contributed by atoms with van der Waals surface area (Å²) >= 11 is 0. The summed E-state index contributed by atoms with van der Waals surface area (Å²) in [5, 5.41) is 4.44. The van der Waals surface area contributed by atoms with Crippen molar-refractivity contribution in [3.8, 4) is 0 Å². The molecule has 1 aliphatic rings. The molecule has 1 fully saturated rings. The second-order valence-corrected chi connectivity index (χ2v) is 9.17. The summed E-state index contributed by atoms with van der Waals surface area (Å²) in [6, 6.07) is 28.8. The molecule has 1 aliphatic heterocycles. The van der Waals surface area contributed by atoms with Gasteiger partial charge in [-0.1, -0.05) is 95.6 Å². The van der Waals surface area contributed by atoms with Crippen LogP contribution in [0, 0.1) is 6.92 Å². The van der Waals surface area contributed by atoms with Gasteiger partial charge in [0.05, 0.1) is 18.3 Å². The number of rotatable bonds is 6. The molecule has 0 aliphatic carbocycles. The SMILES string of the molecule is Cc1ccc(CC(=O)N2CCC(c3ccccc3)(c3noc(Cc4ccccc4)n3)CC2)cc1. The predicted molar refractivity (Wildman–Crippen MR) is 131 cm³/mol. The Hall–Kier alpha value is -3.73. The molecule has 0 saturated carbocycles. The number of piperidine rings is 1. The molecule has 5 heteroatoms. The third kappa shape index (κ3) is 4.65. The molecule has 1 saturated heterocycles. The van der Waals surface area contributed by atoms with Gasteiger partial charge in [0.2, 0.25) is 11.8 Å². The van der Waals surface area contributed by atoms with E-state index >= 15 is 0 Å². The maximum Gasteiger partial charge on any atom is 0.231 e. The lowest BCUT2D eigenvalue weighted by atomic mass is 9.72. The molecular weight excluding hydrogens is 422 g/mol. The number of hydrogen-bond acceptors (Lipinski definition) is 4. The fraction of sp³-hybridized carbons (Fsp3) is 0.276. The monoisotopic (exact) mass is 451 g/mol. The summed E-state index contributed by atoms with van der Waals surface area (Å²) in [7, 11) is 0. The maximum atomic E-state index is 13.0. The van der Waals surface area contributed by atoms with Gasteiger partial charge in [0.1, 0.15) is 0 Å². The Morgan fingerprint density at radius 3 is 2.21 bits per heavy atom. The fourth-order valence-electron chi connectivity index (χ4n) is 4.82. The highest BCUT2D eigenvalue weighted by Crippen LogP contribution is 2.40. The van der Waals surface area contributed by atoms with Crippen molar-refractivity contribution in [1.82, 2.24) is 15.0 Å². The van der Waals surface area contributed by atoms with Crippen LogP contribution in [0.25, 0.3) is 0 Å². The molecule has 0 unspecified atom stereocenters. The average molecular weight is 452 g/mol. The van der Waals surface area contributed by atoms with Crippen LogP contribution in [-0.2, 0) is 23.1 Å². The second-order valence-electron chi connectivity index (χ2n) is 9.17. The number of hydrogen-bond donors (Lipinski definition) is 0. The van der Waals surface area contributed by atoms with Crippen LogP contribution in [0.15, 0.2) is 89.5 Å². The van der Waals surface area contributed by atoms with Crippen molar-refractivity contribution in [2.75, 3.05) is 13.1 Å². The van der Waals surface area contributed by atoms with Crippen molar-refractivity contribution in [3.63, 3.8) is 0 Å². The Kier molecular flexibility index (Phi) is 6.26. The predicted octanol–water partition coefficient (Wildman–Crippen LogP) is 5.12. The molecule has 0 N–H and O–H groups in total. The summed E-state index contributed by atoms with van der Waals surface area (Å²) < 4.78 is 5.69. The summed E-state index contributed by atoms with van der Waals surface area (Å²) in [4.78, 5) is 19.8. The van der Waals surface area contributed by atoms with Crippen molar-refractivity contribution in [1.29, 1.82) is 0 Å². The molecule has 3 aromatic carbocycles. The molecule has 4 aromatic rings. The van der Waals surface area contributed by atoms with Crippen LogP contribution in [0.1, 0.15) is 46.8 Å². The fourth-order valence-corrected chi connectivity index (χ4v) is 4.82. The van der Waals surface area contributed by atoms with E-state index < -0.39 is 0 Å². The lowest BCUT2D eigenvalue weighted by Crippen LogP contribution is -2.46. The molecule has 5 rings (SSSR count). The minimum atomic E-state index is -0.361. The number of likely N-dealkylation sites (tertiary alicyclic amines) is 1. The van der Waals surface area contributed by atoms with Crippen LogP contribution < -0.4 is 0 Å². The number of benzene rings is 3. The van der Waals surface area contributed by atoms with E-state index in [2.05, 4.69) is 60.6 Å². The molecule has 172 valence electrons. The van der Waals surface area contributed by atoms with Crippen molar-refractivity contribution >= 4 is 5.91 Å². The topological polar surface area (TPSA) is 59.2 Å². The molecule has 0 bridgehead atoms. The van der Waals surface area contributed by atoms with Crippen molar-refractivity contribution in [2.45, 2.75) is 38.0 Å². The third-order valence-corrected chi connectivity index (χ3v) is 6.87. The number of carbonyl (C=O) groups is 1. The van der Waals surface area contributed by atoms with Crippen molar-refractivity contribution in [3.05, 3.63) is 119 Å². The Morgan fingerprint density at radius 1 is 0.882 bits per heavy atom. The van der Waals surface area contributed by atoms with Gasteiger partial charge in [-0.25, -0.2) is 0 Å². The zero-order chi connectivity index (χ0) is 23.4. The smallest absolute Gasteiger partial charge is 0.231 e. The van der Waals surface area contributed by atoms with Crippen molar-refractivity contribution < 1.29 is 9.32 Å². The molecule has 0 spiro atoms. The van der Waals surface area contributed by atoms with E-state index in [0.717, 1.165) is 29.8 Å². The van der Waals surface area contributed by atoms with Gasteiger partial charge in [0.25, 0.3) is 0 Å². The molecule has 5 nitrogen and oxygen atoms in total. The van der Waals surface area contributed by atoms with Crippen molar-refractivity contribution in [2.24, 2.45) is 0 Å².